The molecule has 0 spiro atoms. The lowest BCUT2D eigenvalue weighted by molar-refractivity contribution is 0.0796. The van der Waals surface area contributed by atoms with Crippen molar-refractivity contribution in [3.8, 4) is 0 Å². The summed E-state index contributed by atoms with van der Waals surface area (Å²) in [5.41, 5.74) is 12.1. The highest BCUT2D eigenvalue weighted by Gasteiger charge is 2.38. The maximum absolute atomic E-state index is 5.98. The Bertz CT molecular complexity index is 154. The zero-order valence-electron chi connectivity index (χ0n) is 8.51. The van der Waals surface area contributed by atoms with Gasteiger partial charge in [0.2, 0.25) is 0 Å². The van der Waals surface area contributed by atoms with Gasteiger partial charge in [0.1, 0.15) is 0 Å². The van der Waals surface area contributed by atoms with Crippen LogP contribution in [0.15, 0.2) is 0 Å². The van der Waals surface area contributed by atoms with Crippen molar-refractivity contribution in [3.63, 3.8) is 0 Å². The quantitative estimate of drug-likeness (QED) is 0.624. The van der Waals surface area contributed by atoms with Gasteiger partial charge in [-0.3, -0.25) is 0 Å². The predicted molar refractivity (Wildman–Crippen MR) is 52.7 cm³/mol. The SMILES string of the molecule is CC1C(CN)CC(N)CC1(C)C. The Hall–Kier alpha value is -0.0800. The van der Waals surface area contributed by atoms with Crippen LogP contribution in [0.2, 0.25) is 0 Å². The molecule has 0 aliphatic heterocycles. The standard InChI is InChI=1S/C10H22N2/c1-7-8(6-11)4-9(12)5-10(7,2)3/h7-9H,4-6,11-12H2,1-3H3. The van der Waals surface area contributed by atoms with Crippen molar-refractivity contribution in [1.29, 1.82) is 0 Å². The molecule has 12 heavy (non-hydrogen) atoms. The zero-order valence-corrected chi connectivity index (χ0v) is 8.51. The Morgan fingerprint density at radius 2 is 2.00 bits per heavy atom. The minimum Gasteiger partial charge on any atom is -0.330 e. The molecule has 3 unspecified atom stereocenters. The third kappa shape index (κ3) is 1.80. The van der Waals surface area contributed by atoms with Crippen molar-refractivity contribution in [3.05, 3.63) is 0 Å². The van der Waals surface area contributed by atoms with Crippen molar-refractivity contribution >= 4 is 0 Å². The highest BCUT2D eigenvalue weighted by Crippen LogP contribution is 2.42. The van der Waals surface area contributed by atoms with Crippen LogP contribution in [0.3, 0.4) is 0 Å². The van der Waals surface area contributed by atoms with Crippen LogP contribution in [0.4, 0.5) is 0 Å². The zero-order chi connectivity index (χ0) is 9.35. The van der Waals surface area contributed by atoms with E-state index in [2.05, 4.69) is 20.8 Å². The summed E-state index contributed by atoms with van der Waals surface area (Å²) in [6.07, 6.45) is 2.26. The summed E-state index contributed by atoms with van der Waals surface area (Å²) < 4.78 is 0. The van der Waals surface area contributed by atoms with Gasteiger partial charge >= 0.3 is 0 Å². The summed E-state index contributed by atoms with van der Waals surface area (Å²) in [4.78, 5) is 0. The van der Waals surface area contributed by atoms with Crippen LogP contribution in [0, 0.1) is 17.3 Å². The van der Waals surface area contributed by atoms with Gasteiger partial charge in [-0.25, -0.2) is 0 Å². The van der Waals surface area contributed by atoms with Crippen LogP contribution in [-0.2, 0) is 0 Å². The Morgan fingerprint density at radius 3 is 2.50 bits per heavy atom. The van der Waals surface area contributed by atoms with Gasteiger partial charge in [-0.05, 0) is 36.6 Å². The van der Waals surface area contributed by atoms with E-state index in [0.717, 1.165) is 19.4 Å². The van der Waals surface area contributed by atoms with Gasteiger partial charge in [0.25, 0.3) is 0 Å². The lowest BCUT2D eigenvalue weighted by Crippen LogP contribution is -2.45. The molecule has 0 bridgehead atoms. The highest BCUT2D eigenvalue weighted by atomic mass is 14.7. The van der Waals surface area contributed by atoms with Crippen molar-refractivity contribution in [2.45, 2.75) is 39.7 Å². The first kappa shape index (κ1) is 10.0. The normalized spacial score (nSPS) is 41.2. The van der Waals surface area contributed by atoms with E-state index in [-0.39, 0.29) is 0 Å². The molecular formula is C10H22N2. The fraction of sp³-hybridized carbons (Fsp3) is 1.00. The molecule has 1 aliphatic rings. The van der Waals surface area contributed by atoms with Crippen molar-refractivity contribution in [1.82, 2.24) is 0 Å². The van der Waals surface area contributed by atoms with E-state index < -0.39 is 0 Å². The second kappa shape index (κ2) is 3.35. The van der Waals surface area contributed by atoms with E-state index >= 15 is 0 Å². The lowest BCUT2D eigenvalue weighted by atomic mass is 9.63. The minimum absolute atomic E-state index is 0.366. The monoisotopic (exact) mass is 170 g/mol. The average molecular weight is 170 g/mol. The smallest absolute Gasteiger partial charge is 0.00472 e. The first-order chi connectivity index (χ1) is 5.47. The number of hydrogen-bond acceptors (Lipinski definition) is 2. The Balaban J connectivity index is 2.68. The molecule has 1 saturated carbocycles. The third-order valence-electron chi connectivity index (χ3n) is 3.64. The molecule has 0 saturated heterocycles. The molecule has 2 nitrogen and oxygen atoms in total. The minimum atomic E-state index is 0.366. The molecule has 1 fully saturated rings. The topological polar surface area (TPSA) is 52.0 Å². The van der Waals surface area contributed by atoms with Crippen LogP contribution < -0.4 is 11.5 Å². The van der Waals surface area contributed by atoms with Crippen molar-refractivity contribution in [2.24, 2.45) is 28.7 Å². The maximum Gasteiger partial charge on any atom is 0.00472 e. The molecule has 3 atom stereocenters. The van der Waals surface area contributed by atoms with Gasteiger partial charge in [0, 0.05) is 6.04 Å². The molecule has 0 amide bonds. The number of nitrogens with two attached hydrogens (primary N) is 2. The molecule has 4 N–H and O–H groups in total. The number of hydrogen-bond donors (Lipinski definition) is 2. The van der Waals surface area contributed by atoms with Crippen LogP contribution in [0.5, 0.6) is 0 Å². The van der Waals surface area contributed by atoms with E-state index in [9.17, 15) is 0 Å². The van der Waals surface area contributed by atoms with E-state index in [1.807, 2.05) is 0 Å². The Kier molecular flexibility index (Phi) is 2.79. The van der Waals surface area contributed by atoms with Crippen LogP contribution in [0.1, 0.15) is 33.6 Å². The third-order valence-corrected chi connectivity index (χ3v) is 3.64. The molecule has 1 aliphatic carbocycles. The van der Waals surface area contributed by atoms with Crippen LogP contribution in [-0.4, -0.2) is 12.6 Å². The van der Waals surface area contributed by atoms with E-state index in [4.69, 9.17) is 11.5 Å². The fourth-order valence-corrected chi connectivity index (χ4v) is 2.48. The van der Waals surface area contributed by atoms with Gasteiger partial charge in [0.15, 0.2) is 0 Å². The van der Waals surface area contributed by atoms with Gasteiger partial charge in [-0.15, -0.1) is 0 Å². The first-order valence-corrected chi connectivity index (χ1v) is 4.93. The Morgan fingerprint density at radius 1 is 1.42 bits per heavy atom. The van der Waals surface area contributed by atoms with Crippen molar-refractivity contribution in [2.75, 3.05) is 6.54 Å². The number of rotatable bonds is 1. The second-order valence-corrected chi connectivity index (χ2v) is 4.97. The maximum atomic E-state index is 5.98. The molecule has 1 rings (SSSR count). The average Bonchev–Trinajstić information content (AvgIpc) is 1.96. The van der Waals surface area contributed by atoms with E-state index in [1.54, 1.807) is 0 Å². The van der Waals surface area contributed by atoms with Crippen LogP contribution >= 0.6 is 0 Å². The molecule has 0 radical (unpaired) electrons. The molecule has 0 aromatic carbocycles. The van der Waals surface area contributed by atoms with E-state index in [0.29, 0.717) is 23.3 Å². The lowest BCUT2D eigenvalue weighted by Gasteiger charge is -2.44. The van der Waals surface area contributed by atoms with Gasteiger partial charge in [0.05, 0.1) is 0 Å². The summed E-state index contributed by atoms with van der Waals surface area (Å²) in [5, 5.41) is 0. The summed E-state index contributed by atoms with van der Waals surface area (Å²) in [5.74, 6) is 1.34. The molecular weight excluding hydrogens is 148 g/mol. The van der Waals surface area contributed by atoms with Gasteiger partial charge in [-0.2, -0.15) is 0 Å². The van der Waals surface area contributed by atoms with Crippen molar-refractivity contribution < 1.29 is 0 Å². The summed E-state index contributed by atoms with van der Waals surface area (Å²) in [6.45, 7) is 7.71. The largest absolute Gasteiger partial charge is 0.330 e. The molecule has 72 valence electrons. The first-order valence-electron chi connectivity index (χ1n) is 4.93. The molecule has 0 heterocycles. The summed E-state index contributed by atoms with van der Waals surface area (Å²) >= 11 is 0. The Labute approximate surface area is 75.7 Å². The van der Waals surface area contributed by atoms with Gasteiger partial charge < -0.3 is 11.5 Å². The molecule has 0 aromatic heterocycles. The van der Waals surface area contributed by atoms with Crippen LogP contribution in [0.25, 0.3) is 0 Å². The summed E-state index contributed by atoms with van der Waals surface area (Å²) in [7, 11) is 0. The fourth-order valence-electron chi connectivity index (χ4n) is 2.48. The summed E-state index contributed by atoms with van der Waals surface area (Å²) in [6, 6.07) is 0.366. The predicted octanol–water partition coefficient (Wildman–Crippen LogP) is 1.34. The van der Waals surface area contributed by atoms with Gasteiger partial charge in [-0.1, -0.05) is 20.8 Å². The highest BCUT2D eigenvalue weighted by molar-refractivity contribution is 4.91. The van der Waals surface area contributed by atoms with E-state index in [1.165, 1.54) is 0 Å². The molecule has 0 aromatic rings. The second-order valence-electron chi connectivity index (χ2n) is 4.97. The molecule has 2 heteroatoms.